The minimum Gasteiger partial charge on any atom is -0.444 e. The Morgan fingerprint density at radius 2 is 2.07 bits per heavy atom. The van der Waals surface area contributed by atoms with Gasteiger partial charge in [-0.25, -0.2) is 14.2 Å². The minimum absolute atomic E-state index is 0.0478. The first-order chi connectivity index (χ1) is 13.0. The zero-order valence-electron chi connectivity index (χ0n) is 15.5. The molecule has 1 amide bonds. The number of hydrogen-bond donors (Lipinski definition) is 0. The van der Waals surface area contributed by atoms with Crippen molar-refractivity contribution < 1.29 is 13.9 Å². The number of aromatic nitrogens is 2. The van der Waals surface area contributed by atoms with Crippen molar-refractivity contribution in [1.82, 2.24) is 14.9 Å². The summed E-state index contributed by atoms with van der Waals surface area (Å²) in [5, 5.41) is 0.800. The van der Waals surface area contributed by atoms with Gasteiger partial charge in [-0.3, -0.25) is 0 Å². The lowest BCUT2D eigenvalue weighted by Crippen LogP contribution is -2.50. The van der Waals surface area contributed by atoms with Crippen LogP contribution >= 0.6 is 50.1 Å². The molecule has 2 bridgehead atoms. The number of rotatable bonds is 1. The fourth-order valence-electron chi connectivity index (χ4n) is 3.82. The monoisotopic (exact) mass is 582 g/mol. The predicted molar refractivity (Wildman–Crippen MR) is 117 cm³/mol. The quantitative estimate of drug-likeness (QED) is 0.269. The van der Waals surface area contributed by atoms with Crippen LogP contribution in [0.3, 0.4) is 0 Å². The van der Waals surface area contributed by atoms with Crippen LogP contribution in [0.1, 0.15) is 27.2 Å². The predicted octanol–water partition coefficient (Wildman–Crippen LogP) is 4.99. The van der Waals surface area contributed by atoms with Gasteiger partial charge in [0.25, 0.3) is 0 Å². The molecule has 0 saturated carbocycles. The number of carbonyl (C=O) groups is 1. The molecule has 1 aromatic carbocycles. The molecule has 1 aromatic heterocycles. The van der Waals surface area contributed by atoms with E-state index in [1.165, 1.54) is 0 Å². The van der Waals surface area contributed by atoms with Crippen LogP contribution in [-0.4, -0.2) is 51.7 Å². The van der Waals surface area contributed by atoms with E-state index in [1.807, 2.05) is 43.4 Å². The number of carbonyl (C=O) groups excluding carboxylic acids is 1. The molecule has 150 valence electrons. The SMILES string of the molecule is CC(C)(C)OC(=O)N1C[C@@H]2C[C@H]1CN2c1nc(Cl)nc2c(Br)c(F)c(I)cc12. The maximum Gasteiger partial charge on any atom is 0.410 e. The summed E-state index contributed by atoms with van der Waals surface area (Å²) in [7, 11) is 0. The molecule has 3 heterocycles. The minimum atomic E-state index is -0.526. The fourth-order valence-corrected chi connectivity index (χ4v) is 5.45. The number of fused-ring (bicyclic) bond motifs is 3. The lowest BCUT2D eigenvalue weighted by molar-refractivity contribution is 0.0214. The first-order valence-corrected chi connectivity index (χ1v) is 11.1. The fraction of sp³-hybridized carbons (Fsp3) is 0.500. The maximum absolute atomic E-state index is 14.3. The first-order valence-electron chi connectivity index (χ1n) is 8.82. The average Bonchev–Trinajstić information content (AvgIpc) is 3.19. The molecular formula is C18H18BrClFIN4O2. The van der Waals surface area contributed by atoms with Crippen LogP contribution in [-0.2, 0) is 4.74 Å². The maximum atomic E-state index is 14.3. The Morgan fingerprint density at radius 3 is 2.68 bits per heavy atom. The van der Waals surface area contributed by atoms with Crippen LogP contribution in [0.4, 0.5) is 15.0 Å². The summed E-state index contributed by atoms with van der Waals surface area (Å²) in [6, 6.07) is 1.89. The molecule has 0 N–H and O–H groups in total. The highest BCUT2D eigenvalue weighted by Gasteiger charge is 2.47. The van der Waals surface area contributed by atoms with E-state index in [0.29, 0.717) is 28.0 Å². The Kier molecular flexibility index (Phi) is 5.15. The highest BCUT2D eigenvalue weighted by molar-refractivity contribution is 14.1. The van der Waals surface area contributed by atoms with Gasteiger partial charge in [0, 0.05) is 18.5 Å². The summed E-state index contributed by atoms with van der Waals surface area (Å²) in [5.41, 5.74) is -0.0816. The molecular weight excluding hydrogens is 565 g/mol. The van der Waals surface area contributed by atoms with Crippen molar-refractivity contribution in [2.45, 2.75) is 44.9 Å². The van der Waals surface area contributed by atoms with Gasteiger partial charge in [0.1, 0.15) is 11.4 Å². The molecule has 0 unspecified atom stereocenters. The molecule has 2 aliphatic heterocycles. The van der Waals surface area contributed by atoms with Gasteiger partial charge in [0.05, 0.1) is 25.6 Å². The summed E-state index contributed by atoms with van der Waals surface area (Å²) >= 11 is 11.4. The number of piperazine rings is 1. The number of ether oxygens (including phenoxy) is 1. The summed E-state index contributed by atoms with van der Waals surface area (Å²) < 4.78 is 20.6. The number of likely N-dealkylation sites (tertiary alicyclic amines) is 1. The molecule has 6 nitrogen and oxygen atoms in total. The van der Waals surface area contributed by atoms with Crippen molar-refractivity contribution in [2.24, 2.45) is 0 Å². The number of halogens is 4. The van der Waals surface area contributed by atoms with E-state index in [1.54, 1.807) is 11.0 Å². The molecule has 0 aliphatic carbocycles. The lowest BCUT2D eigenvalue weighted by atomic mass is 10.2. The van der Waals surface area contributed by atoms with Gasteiger partial charge in [-0.05, 0) is 83.4 Å². The van der Waals surface area contributed by atoms with E-state index in [9.17, 15) is 9.18 Å². The van der Waals surface area contributed by atoms with E-state index < -0.39 is 5.60 Å². The van der Waals surface area contributed by atoms with Crippen molar-refractivity contribution in [3.05, 3.63) is 25.2 Å². The smallest absolute Gasteiger partial charge is 0.410 e. The third kappa shape index (κ3) is 3.54. The summed E-state index contributed by atoms with van der Waals surface area (Å²) in [6.45, 7) is 6.76. The number of hydrogen-bond acceptors (Lipinski definition) is 5. The zero-order chi connectivity index (χ0) is 20.4. The normalized spacial score (nSPS) is 21.7. The topological polar surface area (TPSA) is 58.6 Å². The van der Waals surface area contributed by atoms with E-state index in [0.717, 1.165) is 11.8 Å². The van der Waals surface area contributed by atoms with Crippen LogP contribution in [0.15, 0.2) is 10.5 Å². The average molecular weight is 584 g/mol. The van der Waals surface area contributed by atoms with Crippen LogP contribution in [0.5, 0.6) is 0 Å². The van der Waals surface area contributed by atoms with Gasteiger partial charge in [-0.15, -0.1) is 0 Å². The Hall–Kier alpha value is -0.940. The van der Waals surface area contributed by atoms with E-state index in [2.05, 4.69) is 30.8 Å². The van der Waals surface area contributed by atoms with E-state index in [-0.39, 0.29) is 33.8 Å². The van der Waals surface area contributed by atoms with Gasteiger partial charge in [-0.1, -0.05) is 0 Å². The summed E-state index contributed by atoms with van der Waals surface area (Å²) in [5.74, 6) is 0.304. The number of benzene rings is 1. The number of anilines is 1. The largest absolute Gasteiger partial charge is 0.444 e. The van der Waals surface area contributed by atoms with Gasteiger partial charge < -0.3 is 14.5 Å². The van der Waals surface area contributed by atoms with Gasteiger partial charge in [0.2, 0.25) is 5.28 Å². The molecule has 2 saturated heterocycles. The second kappa shape index (κ2) is 7.09. The Bertz CT molecular complexity index is 986. The Balaban J connectivity index is 1.66. The molecule has 28 heavy (non-hydrogen) atoms. The highest BCUT2D eigenvalue weighted by atomic mass is 127. The molecule has 0 spiro atoms. The van der Waals surface area contributed by atoms with Gasteiger partial charge in [0.15, 0.2) is 5.82 Å². The molecule has 0 radical (unpaired) electrons. The van der Waals surface area contributed by atoms with Crippen LogP contribution in [0, 0.1) is 9.39 Å². The van der Waals surface area contributed by atoms with Crippen molar-refractivity contribution in [1.29, 1.82) is 0 Å². The van der Waals surface area contributed by atoms with Crippen LogP contribution in [0.25, 0.3) is 10.9 Å². The Labute approximate surface area is 189 Å². The van der Waals surface area contributed by atoms with Crippen LogP contribution < -0.4 is 4.90 Å². The number of amides is 1. The first kappa shape index (κ1) is 20.3. The summed E-state index contributed by atoms with van der Waals surface area (Å²) in [6.07, 6.45) is 0.548. The molecule has 2 aromatic rings. The zero-order valence-corrected chi connectivity index (χ0v) is 20.0. The Morgan fingerprint density at radius 1 is 1.36 bits per heavy atom. The third-order valence-electron chi connectivity index (χ3n) is 4.92. The van der Waals surface area contributed by atoms with E-state index >= 15 is 0 Å². The number of nitrogens with zero attached hydrogens (tertiary/aromatic N) is 4. The lowest BCUT2D eigenvalue weighted by Gasteiger charge is -2.36. The molecule has 2 fully saturated rings. The van der Waals surface area contributed by atoms with Crippen molar-refractivity contribution in [3.8, 4) is 0 Å². The second-order valence-corrected chi connectivity index (χ2v) is 10.3. The third-order valence-corrected chi connectivity index (χ3v) is 6.60. The van der Waals surface area contributed by atoms with Crippen LogP contribution in [0.2, 0.25) is 5.28 Å². The molecule has 2 atom stereocenters. The molecule has 4 rings (SSSR count). The van der Waals surface area contributed by atoms with Gasteiger partial charge >= 0.3 is 6.09 Å². The van der Waals surface area contributed by atoms with Crippen molar-refractivity contribution >= 4 is 72.9 Å². The van der Waals surface area contributed by atoms with Gasteiger partial charge in [-0.2, -0.15) is 4.98 Å². The second-order valence-electron chi connectivity index (χ2n) is 8.03. The standard InChI is InChI=1S/C18H18BrClFIN4O2/c1-18(2,3)28-17(27)26-7-8-4-9(26)6-25(8)15-10-5-11(22)13(21)12(19)14(10)23-16(20)24-15/h5,8-9H,4,6-7H2,1-3H3/t8-,9-/m0/s1. The summed E-state index contributed by atoms with van der Waals surface area (Å²) in [4.78, 5) is 25.1. The van der Waals surface area contributed by atoms with Crippen molar-refractivity contribution in [3.63, 3.8) is 0 Å². The molecule has 10 heteroatoms. The molecule has 2 aliphatic rings. The van der Waals surface area contributed by atoms with Crippen molar-refractivity contribution in [2.75, 3.05) is 18.0 Å². The van der Waals surface area contributed by atoms with E-state index in [4.69, 9.17) is 16.3 Å². The highest BCUT2D eigenvalue weighted by Crippen LogP contribution is 2.40.